The number of anilines is 1. The molecule has 1 aliphatic carbocycles. The number of methoxy groups -OCH3 is 1. The third-order valence-electron chi connectivity index (χ3n) is 6.62. The van der Waals surface area contributed by atoms with Gasteiger partial charge < -0.3 is 20.5 Å². The van der Waals surface area contributed by atoms with Gasteiger partial charge in [-0.2, -0.15) is 9.78 Å². The zero-order valence-electron chi connectivity index (χ0n) is 20.5. The number of phenols is 1. The molecule has 3 aromatic carbocycles. The highest BCUT2D eigenvalue weighted by molar-refractivity contribution is 6.06. The van der Waals surface area contributed by atoms with Gasteiger partial charge in [-0.25, -0.2) is 4.79 Å². The summed E-state index contributed by atoms with van der Waals surface area (Å²) in [5.74, 6) is 0.314. The van der Waals surface area contributed by atoms with Crippen molar-refractivity contribution in [1.82, 2.24) is 15.1 Å². The number of aromatic hydroxyl groups is 1. The summed E-state index contributed by atoms with van der Waals surface area (Å²) in [5, 5.41) is 21.1. The second-order valence-corrected chi connectivity index (χ2v) is 9.02. The van der Waals surface area contributed by atoms with Crippen LogP contribution in [0.1, 0.15) is 46.8 Å². The van der Waals surface area contributed by atoms with Crippen LogP contribution in [0.5, 0.6) is 11.5 Å². The van der Waals surface area contributed by atoms with Gasteiger partial charge >= 0.3 is 6.03 Å². The lowest BCUT2D eigenvalue weighted by molar-refractivity contribution is 0.102. The van der Waals surface area contributed by atoms with Gasteiger partial charge in [0, 0.05) is 29.8 Å². The van der Waals surface area contributed by atoms with E-state index < -0.39 is 0 Å². The lowest BCUT2D eigenvalue weighted by Gasteiger charge is -2.25. The zero-order chi connectivity index (χ0) is 25.8. The monoisotopic (exact) mass is 496 g/mol. The molecule has 37 heavy (non-hydrogen) atoms. The summed E-state index contributed by atoms with van der Waals surface area (Å²) >= 11 is 0. The van der Waals surface area contributed by atoms with E-state index in [1.165, 1.54) is 17.9 Å². The molecule has 0 bridgehead atoms. The molecule has 0 saturated heterocycles. The van der Waals surface area contributed by atoms with Crippen LogP contribution in [0.15, 0.2) is 78.9 Å². The standard InChI is InChI=1S/C29H28N4O4/c1-37-27-13-6-5-12-23(27)28(35)31-21-14-15-22(26(34)16-21)24-17-25(20-10-7-11-20)33(32-24)29(36)30-18-19-8-3-2-4-9-19/h2-6,8-9,12-17,20,34H,7,10-11,18H2,1H3,(H,30,36)(H,31,35). The molecule has 2 amide bonds. The second-order valence-electron chi connectivity index (χ2n) is 9.02. The van der Waals surface area contributed by atoms with Crippen LogP contribution in [0, 0.1) is 0 Å². The van der Waals surface area contributed by atoms with Crippen molar-refractivity contribution in [2.75, 3.05) is 12.4 Å². The number of nitrogens with one attached hydrogen (secondary N) is 2. The highest BCUT2D eigenvalue weighted by Gasteiger charge is 2.27. The fraction of sp³-hybridized carbons (Fsp3) is 0.207. The van der Waals surface area contributed by atoms with Crippen LogP contribution in [0.25, 0.3) is 11.3 Å². The molecule has 1 fully saturated rings. The smallest absolute Gasteiger partial charge is 0.342 e. The molecule has 0 atom stereocenters. The number of carbonyl (C=O) groups excluding carboxylic acids is 2. The Morgan fingerprint density at radius 1 is 1.03 bits per heavy atom. The van der Waals surface area contributed by atoms with Crippen molar-refractivity contribution in [2.24, 2.45) is 0 Å². The van der Waals surface area contributed by atoms with Gasteiger partial charge in [0.05, 0.1) is 24.1 Å². The highest BCUT2D eigenvalue weighted by Crippen LogP contribution is 2.39. The minimum atomic E-state index is -0.351. The number of para-hydroxylation sites is 1. The average Bonchev–Trinajstić information content (AvgIpc) is 3.31. The molecule has 188 valence electrons. The Labute approximate surface area is 214 Å². The van der Waals surface area contributed by atoms with E-state index in [-0.39, 0.29) is 23.6 Å². The molecule has 1 heterocycles. The minimum absolute atomic E-state index is 0.0488. The molecule has 0 aliphatic heterocycles. The number of hydrogen-bond acceptors (Lipinski definition) is 5. The summed E-state index contributed by atoms with van der Waals surface area (Å²) in [6.07, 6.45) is 3.11. The topological polar surface area (TPSA) is 105 Å². The summed E-state index contributed by atoms with van der Waals surface area (Å²) in [6.45, 7) is 0.394. The molecule has 0 radical (unpaired) electrons. The first-order valence-electron chi connectivity index (χ1n) is 12.2. The SMILES string of the molecule is COc1ccccc1C(=O)Nc1ccc(-c2cc(C3CCC3)n(C(=O)NCc3ccccc3)n2)c(O)c1. The molecule has 8 nitrogen and oxygen atoms in total. The van der Waals surface area contributed by atoms with Crippen LogP contribution in [-0.2, 0) is 6.54 Å². The van der Waals surface area contributed by atoms with Crippen LogP contribution < -0.4 is 15.4 Å². The van der Waals surface area contributed by atoms with Crippen LogP contribution in [0.2, 0.25) is 0 Å². The molecular formula is C29H28N4O4. The van der Waals surface area contributed by atoms with Crippen molar-refractivity contribution in [3.8, 4) is 22.8 Å². The van der Waals surface area contributed by atoms with Gasteiger partial charge in [0.25, 0.3) is 5.91 Å². The lowest BCUT2D eigenvalue weighted by atomic mass is 9.82. The molecule has 5 rings (SSSR count). The minimum Gasteiger partial charge on any atom is -0.507 e. The van der Waals surface area contributed by atoms with Gasteiger partial charge in [0.15, 0.2) is 0 Å². The predicted molar refractivity (Wildman–Crippen MR) is 141 cm³/mol. The van der Waals surface area contributed by atoms with E-state index in [1.54, 1.807) is 36.4 Å². The largest absolute Gasteiger partial charge is 0.507 e. The van der Waals surface area contributed by atoms with E-state index in [2.05, 4.69) is 15.7 Å². The third-order valence-corrected chi connectivity index (χ3v) is 6.62. The van der Waals surface area contributed by atoms with E-state index in [0.717, 1.165) is 30.5 Å². The fourth-order valence-corrected chi connectivity index (χ4v) is 4.39. The fourth-order valence-electron chi connectivity index (χ4n) is 4.39. The van der Waals surface area contributed by atoms with Gasteiger partial charge in [0.1, 0.15) is 11.5 Å². The van der Waals surface area contributed by atoms with Crippen molar-refractivity contribution in [3.05, 3.63) is 95.7 Å². The molecule has 3 N–H and O–H groups in total. The Morgan fingerprint density at radius 3 is 2.49 bits per heavy atom. The predicted octanol–water partition coefficient (Wildman–Crippen LogP) is 5.54. The maximum absolute atomic E-state index is 13.0. The highest BCUT2D eigenvalue weighted by atomic mass is 16.5. The number of amides is 2. The van der Waals surface area contributed by atoms with Crippen molar-refractivity contribution < 1.29 is 19.4 Å². The molecule has 4 aromatic rings. The molecule has 0 unspecified atom stereocenters. The summed E-state index contributed by atoms with van der Waals surface area (Å²) < 4.78 is 6.68. The summed E-state index contributed by atoms with van der Waals surface area (Å²) in [7, 11) is 1.51. The summed E-state index contributed by atoms with van der Waals surface area (Å²) in [4.78, 5) is 25.8. The van der Waals surface area contributed by atoms with Crippen molar-refractivity contribution in [1.29, 1.82) is 0 Å². The molecule has 1 aliphatic rings. The Bertz CT molecular complexity index is 1430. The number of benzene rings is 3. The number of aromatic nitrogens is 2. The van der Waals surface area contributed by atoms with Gasteiger partial charge in [-0.15, -0.1) is 0 Å². The molecule has 8 heteroatoms. The summed E-state index contributed by atoms with van der Waals surface area (Å²) in [5.41, 5.74) is 3.62. The zero-order valence-corrected chi connectivity index (χ0v) is 20.5. The van der Waals surface area contributed by atoms with E-state index >= 15 is 0 Å². The first kappa shape index (κ1) is 24.1. The Morgan fingerprint density at radius 2 is 1.78 bits per heavy atom. The Kier molecular flexibility index (Phi) is 6.89. The Balaban J connectivity index is 1.36. The maximum atomic E-state index is 13.0. The van der Waals surface area contributed by atoms with Gasteiger partial charge in [-0.1, -0.05) is 48.9 Å². The van der Waals surface area contributed by atoms with Crippen LogP contribution >= 0.6 is 0 Å². The van der Waals surface area contributed by atoms with Gasteiger partial charge in [-0.3, -0.25) is 4.79 Å². The van der Waals surface area contributed by atoms with Crippen LogP contribution in [0.4, 0.5) is 10.5 Å². The first-order valence-corrected chi connectivity index (χ1v) is 12.2. The van der Waals surface area contributed by atoms with Gasteiger partial charge in [-0.05, 0) is 48.7 Å². The second kappa shape index (κ2) is 10.6. The van der Waals surface area contributed by atoms with E-state index in [9.17, 15) is 14.7 Å². The number of rotatable bonds is 7. The van der Waals surface area contributed by atoms with Crippen LogP contribution in [-0.4, -0.2) is 33.9 Å². The molecule has 1 aromatic heterocycles. The molecule has 0 spiro atoms. The normalized spacial score (nSPS) is 13.0. The van der Waals surface area contributed by atoms with Crippen molar-refractivity contribution in [3.63, 3.8) is 0 Å². The summed E-state index contributed by atoms with van der Waals surface area (Å²) in [6, 6.07) is 23.0. The Hall–Kier alpha value is -4.59. The van der Waals surface area contributed by atoms with E-state index in [1.807, 2.05) is 36.4 Å². The third kappa shape index (κ3) is 5.18. The molecular weight excluding hydrogens is 468 g/mol. The van der Waals surface area contributed by atoms with Crippen molar-refractivity contribution in [2.45, 2.75) is 31.7 Å². The molecule has 1 saturated carbocycles. The quantitative estimate of drug-likeness (QED) is 0.311. The number of carbonyl (C=O) groups is 2. The average molecular weight is 497 g/mol. The first-order chi connectivity index (χ1) is 18.0. The van der Waals surface area contributed by atoms with Gasteiger partial charge in [0.2, 0.25) is 0 Å². The van der Waals surface area contributed by atoms with Crippen molar-refractivity contribution >= 4 is 17.6 Å². The number of phenolic OH excluding ortho intramolecular Hbond substituents is 1. The number of nitrogens with zero attached hydrogens (tertiary/aromatic N) is 2. The van der Waals surface area contributed by atoms with E-state index in [0.29, 0.717) is 34.8 Å². The van der Waals surface area contributed by atoms with E-state index in [4.69, 9.17) is 4.74 Å². The number of hydrogen-bond donors (Lipinski definition) is 3. The maximum Gasteiger partial charge on any atom is 0.342 e. The number of ether oxygens (including phenoxy) is 1. The lowest BCUT2D eigenvalue weighted by Crippen LogP contribution is -2.31. The van der Waals surface area contributed by atoms with Crippen LogP contribution in [0.3, 0.4) is 0 Å².